The van der Waals surface area contributed by atoms with Gasteiger partial charge in [0.05, 0.1) is 24.8 Å². The molecule has 1 aromatic carbocycles. The summed E-state index contributed by atoms with van der Waals surface area (Å²) in [6.45, 7) is -0.687. The highest BCUT2D eigenvalue weighted by Gasteiger charge is 2.21. The molecule has 0 aliphatic rings. The average molecular weight is 241 g/mol. The second-order valence-corrected chi connectivity index (χ2v) is 3.12. The van der Waals surface area contributed by atoms with Crippen molar-refractivity contribution < 1.29 is 23.4 Å². The van der Waals surface area contributed by atoms with Gasteiger partial charge in [0, 0.05) is 11.1 Å². The third kappa shape index (κ3) is 2.40. The Morgan fingerprint density at radius 1 is 1.59 bits per heavy atom. The molecule has 1 N–H and O–H groups in total. The number of benzene rings is 1. The largest absolute Gasteiger partial charge is 0.465 e. The molecule has 6 heteroatoms. The molecule has 0 saturated carbocycles. The normalized spacial score (nSPS) is 10.1. The van der Waals surface area contributed by atoms with E-state index in [4.69, 9.17) is 10.4 Å². The number of alkyl halides is 2. The van der Waals surface area contributed by atoms with Crippen molar-refractivity contribution in [1.29, 1.82) is 5.26 Å². The average Bonchev–Trinajstić information content (AvgIpc) is 2.35. The van der Waals surface area contributed by atoms with E-state index in [9.17, 15) is 13.6 Å². The van der Waals surface area contributed by atoms with Gasteiger partial charge in [-0.2, -0.15) is 5.26 Å². The first-order valence-corrected chi connectivity index (χ1v) is 4.60. The van der Waals surface area contributed by atoms with Gasteiger partial charge in [0.15, 0.2) is 0 Å². The molecule has 0 spiro atoms. The van der Waals surface area contributed by atoms with Crippen molar-refractivity contribution >= 4 is 5.97 Å². The van der Waals surface area contributed by atoms with Gasteiger partial charge in [0.1, 0.15) is 6.07 Å². The van der Waals surface area contributed by atoms with Crippen LogP contribution in [0.5, 0.6) is 0 Å². The molecule has 0 saturated heterocycles. The number of aliphatic hydroxyl groups excluding tert-OH is 1. The molecule has 1 aromatic rings. The van der Waals surface area contributed by atoms with Crippen LogP contribution in [0.25, 0.3) is 0 Å². The predicted octanol–water partition coefficient (Wildman–Crippen LogP) is 1.77. The van der Waals surface area contributed by atoms with Crippen LogP contribution in [0.1, 0.15) is 33.5 Å². The number of aliphatic hydroxyl groups is 1. The van der Waals surface area contributed by atoms with E-state index in [0.717, 1.165) is 19.2 Å². The summed E-state index contributed by atoms with van der Waals surface area (Å²) >= 11 is 0. The van der Waals surface area contributed by atoms with Gasteiger partial charge in [0.2, 0.25) is 0 Å². The van der Waals surface area contributed by atoms with E-state index in [1.54, 1.807) is 6.07 Å². The maximum Gasteiger partial charge on any atom is 0.338 e. The van der Waals surface area contributed by atoms with Gasteiger partial charge < -0.3 is 9.84 Å². The monoisotopic (exact) mass is 241 g/mol. The Labute approximate surface area is 96.0 Å². The number of carbonyl (C=O) groups is 1. The molecule has 90 valence electrons. The fourth-order valence-electron chi connectivity index (χ4n) is 1.45. The smallest absolute Gasteiger partial charge is 0.338 e. The van der Waals surface area contributed by atoms with Crippen LogP contribution >= 0.6 is 0 Å². The van der Waals surface area contributed by atoms with Crippen molar-refractivity contribution in [2.75, 3.05) is 7.11 Å². The quantitative estimate of drug-likeness (QED) is 0.819. The first kappa shape index (κ1) is 13.1. The van der Waals surface area contributed by atoms with Gasteiger partial charge >= 0.3 is 5.97 Å². The molecule has 0 aliphatic heterocycles. The van der Waals surface area contributed by atoms with Crippen LogP contribution in [-0.4, -0.2) is 18.2 Å². The van der Waals surface area contributed by atoms with Crippen molar-refractivity contribution in [2.45, 2.75) is 13.0 Å². The van der Waals surface area contributed by atoms with Crippen LogP contribution in [0, 0.1) is 11.3 Å². The second kappa shape index (κ2) is 5.37. The Kier molecular flexibility index (Phi) is 4.12. The number of methoxy groups -OCH3 is 1. The molecular formula is C11H9F2NO3. The third-order valence-corrected chi connectivity index (χ3v) is 2.26. The summed E-state index contributed by atoms with van der Waals surface area (Å²) in [6, 6.07) is 3.66. The summed E-state index contributed by atoms with van der Waals surface area (Å²) < 4.78 is 29.6. The minimum Gasteiger partial charge on any atom is -0.465 e. The lowest BCUT2D eigenvalue weighted by atomic mass is 9.97. The molecule has 4 nitrogen and oxygen atoms in total. The number of hydrogen-bond donors (Lipinski definition) is 1. The van der Waals surface area contributed by atoms with Crippen molar-refractivity contribution in [3.8, 4) is 6.07 Å². The van der Waals surface area contributed by atoms with Crippen molar-refractivity contribution in [3.05, 3.63) is 34.4 Å². The van der Waals surface area contributed by atoms with Gasteiger partial charge in [-0.25, -0.2) is 13.6 Å². The molecule has 0 amide bonds. The van der Waals surface area contributed by atoms with E-state index >= 15 is 0 Å². The first-order chi connectivity index (χ1) is 8.06. The van der Waals surface area contributed by atoms with Gasteiger partial charge in [-0.15, -0.1) is 0 Å². The summed E-state index contributed by atoms with van der Waals surface area (Å²) in [5, 5.41) is 17.9. The lowest BCUT2D eigenvalue weighted by Gasteiger charge is -2.11. The van der Waals surface area contributed by atoms with E-state index in [-0.39, 0.29) is 16.7 Å². The van der Waals surface area contributed by atoms with E-state index < -0.39 is 24.6 Å². The van der Waals surface area contributed by atoms with Crippen molar-refractivity contribution in [2.24, 2.45) is 0 Å². The number of ether oxygens (including phenoxy) is 1. The number of esters is 1. The summed E-state index contributed by atoms with van der Waals surface area (Å²) in [7, 11) is 1.12. The highest BCUT2D eigenvalue weighted by Crippen LogP contribution is 2.27. The summed E-state index contributed by atoms with van der Waals surface area (Å²) in [6.07, 6.45) is -2.85. The number of halogens is 2. The lowest BCUT2D eigenvalue weighted by Crippen LogP contribution is -2.09. The Balaban J connectivity index is 3.50. The molecule has 0 aliphatic carbocycles. The molecular weight excluding hydrogens is 232 g/mol. The van der Waals surface area contributed by atoms with E-state index in [1.165, 1.54) is 0 Å². The van der Waals surface area contributed by atoms with Gasteiger partial charge in [-0.3, -0.25) is 0 Å². The minimum absolute atomic E-state index is 0.0871. The molecule has 0 radical (unpaired) electrons. The topological polar surface area (TPSA) is 70.3 Å². The zero-order valence-corrected chi connectivity index (χ0v) is 8.91. The fourth-order valence-corrected chi connectivity index (χ4v) is 1.45. The maximum absolute atomic E-state index is 12.6. The summed E-state index contributed by atoms with van der Waals surface area (Å²) in [5.74, 6) is -0.786. The van der Waals surface area contributed by atoms with Crippen LogP contribution < -0.4 is 0 Å². The summed E-state index contributed by atoms with van der Waals surface area (Å²) in [5.41, 5.74) is -1.12. The third-order valence-electron chi connectivity index (χ3n) is 2.26. The zero-order chi connectivity index (χ0) is 13.0. The molecule has 0 unspecified atom stereocenters. The van der Waals surface area contributed by atoms with E-state index in [0.29, 0.717) is 0 Å². The summed E-state index contributed by atoms with van der Waals surface area (Å²) in [4.78, 5) is 11.3. The molecule has 0 atom stereocenters. The number of nitrogens with zero attached hydrogens (tertiary/aromatic N) is 1. The highest BCUT2D eigenvalue weighted by atomic mass is 19.3. The number of hydrogen-bond acceptors (Lipinski definition) is 4. The number of nitriles is 1. The van der Waals surface area contributed by atoms with E-state index in [2.05, 4.69) is 4.74 Å². The molecule has 0 fully saturated rings. The lowest BCUT2D eigenvalue weighted by molar-refractivity contribution is 0.0596. The van der Waals surface area contributed by atoms with Crippen molar-refractivity contribution in [1.82, 2.24) is 0 Å². The van der Waals surface area contributed by atoms with E-state index in [1.807, 2.05) is 0 Å². The Hall–Kier alpha value is -2.00. The van der Waals surface area contributed by atoms with Crippen molar-refractivity contribution in [3.63, 3.8) is 0 Å². The number of carbonyl (C=O) groups excluding carboxylic acids is 1. The molecule has 0 bridgehead atoms. The number of rotatable bonds is 3. The van der Waals surface area contributed by atoms with Gasteiger partial charge in [-0.05, 0) is 6.07 Å². The van der Waals surface area contributed by atoms with Crippen LogP contribution in [0.3, 0.4) is 0 Å². The fraction of sp³-hybridized carbons (Fsp3) is 0.273. The first-order valence-electron chi connectivity index (χ1n) is 4.60. The molecule has 17 heavy (non-hydrogen) atoms. The minimum atomic E-state index is -2.85. The van der Waals surface area contributed by atoms with Crippen LogP contribution in [0.2, 0.25) is 0 Å². The maximum atomic E-state index is 12.6. The molecule has 0 aromatic heterocycles. The highest BCUT2D eigenvalue weighted by molar-refractivity contribution is 5.92. The Morgan fingerprint density at radius 3 is 2.65 bits per heavy atom. The molecule has 1 rings (SSSR count). The standard InChI is InChI=1S/C11H9F2NO3/c1-17-11(16)7-3-2-6(10(12)13)8(4-14)9(7)5-15/h2-3,10,15H,5H2,1H3. The SMILES string of the molecule is COC(=O)c1ccc(C(F)F)c(C#N)c1CO. The van der Waals surface area contributed by atoms with Gasteiger partial charge in [0.25, 0.3) is 6.43 Å². The zero-order valence-electron chi connectivity index (χ0n) is 8.91. The van der Waals surface area contributed by atoms with Crippen LogP contribution in [-0.2, 0) is 11.3 Å². The molecule has 0 heterocycles. The Bertz CT molecular complexity index is 480. The van der Waals surface area contributed by atoms with Crippen LogP contribution in [0.4, 0.5) is 8.78 Å². The second-order valence-electron chi connectivity index (χ2n) is 3.12. The van der Waals surface area contributed by atoms with Crippen LogP contribution in [0.15, 0.2) is 12.1 Å². The van der Waals surface area contributed by atoms with Gasteiger partial charge in [-0.1, -0.05) is 6.07 Å². The predicted molar refractivity (Wildman–Crippen MR) is 53.4 cm³/mol. The Morgan fingerprint density at radius 2 is 2.24 bits per heavy atom.